The average Bonchev–Trinajstić information content (AvgIpc) is 2.47. The van der Waals surface area contributed by atoms with E-state index in [-0.39, 0.29) is 5.75 Å². The van der Waals surface area contributed by atoms with Crippen LogP contribution in [0.4, 0.5) is 5.82 Å². The first-order chi connectivity index (χ1) is 9.74. The molecule has 20 heavy (non-hydrogen) atoms. The van der Waals surface area contributed by atoms with E-state index < -0.39 is 0 Å². The van der Waals surface area contributed by atoms with Gasteiger partial charge in [-0.05, 0) is 36.8 Å². The average molecular weight is 265 g/mol. The lowest BCUT2D eigenvalue weighted by molar-refractivity contribution is 0.480. The molecular weight excluding hydrogens is 250 g/mol. The summed E-state index contributed by atoms with van der Waals surface area (Å²) in [6.07, 6.45) is 1.68. The summed E-state index contributed by atoms with van der Waals surface area (Å²) in [7, 11) is 0. The summed E-state index contributed by atoms with van der Waals surface area (Å²) < 4.78 is 0. The zero-order chi connectivity index (χ0) is 13.9. The third-order valence-corrected chi connectivity index (χ3v) is 3.19. The molecule has 4 nitrogen and oxygen atoms in total. The Bertz CT molecular complexity index is 756. The topological polar surface area (TPSA) is 58.0 Å². The number of nitrogens with one attached hydrogen (secondary N) is 1. The van der Waals surface area contributed by atoms with Gasteiger partial charge in [0.05, 0.1) is 0 Å². The van der Waals surface area contributed by atoms with Crippen LogP contribution in [-0.4, -0.2) is 15.1 Å². The van der Waals surface area contributed by atoms with Gasteiger partial charge in [0.2, 0.25) is 0 Å². The highest BCUT2D eigenvalue weighted by molar-refractivity contribution is 5.87. The molecule has 3 aromatic rings. The smallest absolute Gasteiger partial charge is 0.141 e. The number of nitrogens with zero attached hydrogens (tertiary/aromatic N) is 2. The summed E-state index contributed by atoms with van der Waals surface area (Å²) in [6.45, 7) is 2.60. The van der Waals surface area contributed by atoms with E-state index in [1.807, 2.05) is 43.3 Å². The van der Waals surface area contributed by atoms with Gasteiger partial charge in [-0.3, -0.25) is 4.98 Å². The van der Waals surface area contributed by atoms with Crippen LogP contribution >= 0.6 is 0 Å². The lowest BCUT2D eigenvalue weighted by atomic mass is 10.1. The Balaban J connectivity index is 1.90. The number of aryl methyl sites for hydroxylation is 1. The summed E-state index contributed by atoms with van der Waals surface area (Å²) in [5, 5.41) is 14.1. The molecule has 4 heteroatoms. The minimum absolute atomic E-state index is 0.207. The van der Waals surface area contributed by atoms with E-state index in [0.717, 1.165) is 22.5 Å². The maximum Gasteiger partial charge on any atom is 0.141 e. The molecule has 3 rings (SSSR count). The molecule has 1 aromatic carbocycles. The van der Waals surface area contributed by atoms with Crippen molar-refractivity contribution in [2.24, 2.45) is 0 Å². The first kappa shape index (κ1) is 12.4. The van der Waals surface area contributed by atoms with Crippen LogP contribution in [0.5, 0.6) is 5.75 Å². The predicted octanol–water partition coefficient (Wildman–Crippen LogP) is 3.26. The molecular formula is C16H15N3O. The first-order valence-corrected chi connectivity index (χ1v) is 6.47. The van der Waals surface area contributed by atoms with Crippen LogP contribution < -0.4 is 5.32 Å². The molecule has 2 N–H and O–H groups in total. The second-order valence-electron chi connectivity index (χ2n) is 4.66. The van der Waals surface area contributed by atoms with Gasteiger partial charge in [0, 0.05) is 23.8 Å². The number of pyridine rings is 2. The third-order valence-electron chi connectivity index (χ3n) is 3.19. The number of aromatic nitrogens is 2. The van der Waals surface area contributed by atoms with Gasteiger partial charge < -0.3 is 10.4 Å². The Labute approximate surface area is 117 Å². The molecule has 0 saturated carbocycles. The van der Waals surface area contributed by atoms with Gasteiger partial charge in [-0.2, -0.15) is 0 Å². The van der Waals surface area contributed by atoms with E-state index in [9.17, 15) is 5.11 Å². The molecule has 0 atom stereocenters. The second kappa shape index (κ2) is 5.17. The van der Waals surface area contributed by atoms with Crippen LogP contribution in [0.3, 0.4) is 0 Å². The quantitative estimate of drug-likeness (QED) is 0.763. The van der Waals surface area contributed by atoms with E-state index in [1.165, 1.54) is 0 Å². The van der Waals surface area contributed by atoms with Gasteiger partial charge in [0.1, 0.15) is 17.1 Å². The summed E-state index contributed by atoms with van der Waals surface area (Å²) in [4.78, 5) is 8.63. The maximum atomic E-state index is 9.82. The van der Waals surface area contributed by atoms with Crippen molar-refractivity contribution < 1.29 is 5.11 Å². The van der Waals surface area contributed by atoms with Crippen molar-refractivity contribution in [1.29, 1.82) is 0 Å². The van der Waals surface area contributed by atoms with E-state index in [1.54, 1.807) is 12.3 Å². The highest BCUT2D eigenvalue weighted by atomic mass is 16.3. The number of phenolic OH excluding ortho intramolecular Hbond substituents is 1. The molecule has 100 valence electrons. The Kier molecular flexibility index (Phi) is 3.21. The van der Waals surface area contributed by atoms with Gasteiger partial charge in [-0.15, -0.1) is 0 Å². The van der Waals surface area contributed by atoms with Crippen molar-refractivity contribution in [3.63, 3.8) is 0 Å². The fraction of sp³-hybridized carbons (Fsp3) is 0.125. The maximum absolute atomic E-state index is 9.82. The van der Waals surface area contributed by atoms with Crippen molar-refractivity contribution in [3.05, 3.63) is 59.9 Å². The minimum atomic E-state index is 0.207. The van der Waals surface area contributed by atoms with Gasteiger partial charge in [0.15, 0.2) is 0 Å². The number of anilines is 1. The second-order valence-corrected chi connectivity index (χ2v) is 4.66. The summed E-state index contributed by atoms with van der Waals surface area (Å²) in [6, 6.07) is 13.3. The predicted molar refractivity (Wildman–Crippen MR) is 79.7 cm³/mol. The summed E-state index contributed by atoms with van der Waals surface area (Å²) in [5.74, 6) is 1.05. The molecule has 0 amide bonds. The van der Waals surface area contributed by atoms with Crippen molar-refractivity contribution in [2.45, 2.75) is 13.5 Å². The number of benzene rings is 1. The van der Waals surface area contributed by atoms with E-state index in [2.05, 4.69) is 15.3 Å². The van der Waals surface area contributed by atoms with Crippen LogP contribution in [0.15, 0.2) is 48.7 Å². The van der Waals surface area contributed by atoms with Gasteiger partial charge in [0.25, 0.3) is 0 Å². The third kappa shape index (κ3) is 2.40. The Morgan fingerprint density at radius 2 is 2.00 bits per heavy atom. The molecule has 0 spiro atoms. The van der Waals surface area contributed by atoms with Gasteiger partial charge in [-0.1, -0.05) is 18.2 Å². The first-order valence-electron chi connectivity index (χ1n) is 6.47. The molecule has 0 aliphatic heterocycles. The van der Waals surface area contributed by atoms with Crippen molar-refractivity contribution in [2.75, 3.05) is 5.32 Å². The molecule has 2 heterocycles. The van der Waals surface area contributed by atoms with Crippen molar-refractivity contribution >= 4 is 16.7 Å². The standard InChI is InChI=1S/C16H15N3O/c1-11-4-2-6-15(19-11)18-10-12-7-8-14(20)16-13(12)5-3-9-17-16/h2-9,20H,10H2,1H3,(H,18,19). The Hall–Kier alpha value is -2.62. The largest absolute Gasteiger partial charge is 0.506 e. The molecule has 0 saturated heterocycles. The number of fused-ring (bicyclic) bond motifs is 1. The number of rotatable bonds is 3. The number of aromatic hydroxyl groups is 1. The Morgan fingerprint density at radius 1 is 1.10 bits per heavy atom. The SMILES string of the molecule is Cc1cccc(NCc2ccc(O)c3ncccc23)n1. The zero-order valence-electron chi connectivity index (χ0n) is 11.2. The van der Waals surface area contributed by atoms with Crippen LogP contribution in [0, 0.1) is 6.92 Å². The summed E-state index contributed by atoms with van der Waals surface area (Å²) in [5.41, 5.74) is 2.69. The molecule has 2 aromatic heterocycles. The molecule has 0 fully saturated rings. The lowest BCUT2D eigenvalue weighted by Crippen LogP contribution is -2.02. The van der Waals surface area contributed by atoms with Crippen molar-refractivity contribution in [1.82, 2.24) is 9.97 Å². The van der Waals surface area contributed by atoms with E-state index in [0.29, 0.717) is 12.1 Å². The molecule has 0 bridgehead atoms. The van der Waals surface area contributed by atoms with Crippen LogP contribution in [-0.2, 0) is 6.54 Å². The number of hydrogen-bond acceptors (Lipinski definition) is 4. The van der Waals surface area contributed by atoms with E-state index in [4.69, 9.17) is 0 Å². The molecule has 0 aliphatic rings. The molecule has 0 unspecified atom stereocenters. The van der Waals surface area contributed by atoms with Crippen LogP contribution in [0.1, 0.15) is 11.3 Å². The minimum Gasteiger partial charge on any atom is -0.506 e. The van der Waals surface area contributed by atoms with Crippen LogP contribution in [0.2, 0.25) is 0 Å². The number of hydrogen-bond donors (Lipinski definition) is 2. The van der Waals surface area contributed by atoms with Crippen molar-refractivity contribution in [3.8, 4) is 5.75 Å². The van der Waals surface area contributed by atoms with Crippen LogP contribution in [0.25, 0.3) is 10.9 Å². The molecule has 0 aliphatic carbocycles. The fourth-order valence-corrected chi connectivity index (χ4v) is 2.20. The fourth-order valence-electron chi connectivity index (χ4n) is 2.20. The lowest BCUT2D eigenvalue weighted by Gasteiger charge is -2.09. The highest BCUT2D eigenvalue weighted by Gasteiger charge is 2.06. The summed E-state index contributed by atoms with van der Waals surface area (Å²) >= 11 is 0. The number of phenols is 1. The van der Waals surface area contributed by atoms with E-state index >= 15 is 0 Å². The highest BCUT2D eigenvalue weighted by Crippen LogP contribution is 2.25. The zero-order valence-corrected chi connectivity index (χ0v) is 11.2. The monoisotopic (exact) mass is 265 g/mol. The van der Waals surface area contributed by atoms with Gasteiger partial charge in [-0.25, -0.2) is 4.98 Å². The molecule has 0 radical (unpaired) electrons. The normalized spacial score (nSPS) is 10.7. The Morgan fingerprint density at radius 3 is 2.85 bits per heavy atom. The van der Waals surface area contributed by atoms with Gasteiger partial charge >= 0.3 is 0 Å².